The van der Waals surface area contributed by atoms with E-state index in [2.05, 4.69) is 44.1 Å². The average Bonchev–Trinajstić information content (AvgIpc) is 3.02. The predicted molar refractivity (Wildman–Crippen MR) is 183 cm³/mol. The molecule has 7 aliphatic rings. The maximum absolute atomic E-state index is 15.5. The van der Waals surface area contributed by atoms with Gasteiger partial charge in [0.1, 0.15) is 11.6 Å². The largest absolute Gasteiger partial charge is 0.496 e. The van der Waals surface area contributed by atoms with E-state index in [1.165, 1.54) is 37.4 Å². The summed E-state index contributed by atoms with van der Waals surface area (Å²) in [4.78, 5) is 22.0. The van der Waals surface area contributed by atoms with Crippen molar-refractivity contribution < 1.29 is 18.3 Å². The topological polar surface area (TPSA) is 88.2 Å². The summed E-state index contributed by atoms with van der Waals surface area (Å²) in [5, 5.41) is 9.04. The predicted octanol–water partition coefficient (Wildman–Crippen LogP) is 9.73. The molecule has 2 aromatic carbocycles. The molecule has 2 aliphatic carbocycles. The highest BCUT2D eigenvalue weighted by Crippen LogP contribution is 2.48. The van der Waals surface area contributed by atoms with Crippen LogP contribution in [0.5, 0.6) is 5.75 Å². The molecule has 47 heavy (non-hydrogen) atoms. The second-order valence-electron chi connectivity index (χ2n) is 13.5. The highest BCUT2D eigenvalue weighted by atomic mass is 19.3. The Balaban J connectivity index is 1.37. The first-order chi connectivity index (χ1) is 22.8. The number of alkyl halides is 2. The van der Waals surface area contributed by atoms with E-state index in [0.717, 1.165) is 43.4 Å². The van der Waals surface area contributed by atoms with Gasteiger partial charge in [-0.2, -0.15) is 4.98 Å². The molecule has 10 rings (SSSR count). The van der Waals surface area contributed by atoms with Crippen molar-refractivity contribution in [3.63, 3.8) is 0 Å². The molecule has 250 valence electrons. The molecule has 0 radical (unpaired) electrons. The number of benzene rings is 2. The van der Waals surface area contributed by atoms with Gasteiger partial charge in [-0.25, -0.2) is 13.8 Å². The number of nitrogens with one attached hydrogen (secondary N) is 3. The van der Waals surface area contributed by atoms with Gasteiger partial charge < -0.3 is 20.7 Å². The summed E-state index contributed by atoms with van der Waals surface area (Å²) in [6.07, 6.45) is 16.2. The molecule has 0 spiro atoms. The summed E-state index contributed by atoms with van der Waals surface area (Å²) in [6, 6.07) is 11.7. The lowest BCUT2D eigenvalue weighted by Gasteiger charge is -2.37. The number of amides is 1. The number of anilines is 4. The quantitative estimate of drug-likeness (QED) is 0.240. The van der Waals surface area contributed by atoms with Gasteiger partial charge in [0.05, 0.1) is 23.9 Å². The van der Waals surface area contributed by atoms with Gasteiger partial charge in [-0.15, -0.1) is 0 Å². The third-order valence-electron chi connectivity index (χ3n) is 10.4. The van der Waals surface area contributed by atoms with E-state index in [0.29, 0.717) is 40.6 Å². The standard InChI is InChI=1S/C38H47F2N5O2/c1-4-18-38(39,40)32-23-42-37-43-28-14-16-30(34(22-28)47-3)27-19-24(20-27)10-8-6-5-7-9-11-25-12-15-29(25)26-13-17-33(44-35(32)45-37)31(21-26)36(46)41-2/h6,8,13-14,16-17,21-25,27,29H,4-5,7,9-12,15,18-20H2,1-3H3,(H,41,46)(H2,42,43,44,45)/b8-6+. The molecule has 3 aromatic rings. The Morgan fingerprint density at radius 2 is 1.91 bits per heavy atom. The van der Waals surface area contributed by atoms with E-state index in [4.69, 9.17) is 4.74 Å². The lowest BCUT2D eigenvalue weighted by molar-refractivity contribution is -0.0138. The Hall–Kier alpha value is -4.01. The Morgan fingerprint density at radius 3 is 2.66 bits per heavy atom. The minimum atomic E-state index is -3.16. The first kappa shape index (κ1) is 32.9. The Kier molecular flexibility index (Phi) is 10.1. The molecule has 1 amide bonds. The lowest BCUT2D eigenvalue weighted by atomic mass is 9.67. The Labute approximate surface area is 277 Å². The monoisotopic (exact) mass is 643 g/mol. The normalized spacial score (nSPS) is 23.4. The highest BCUT2D eigenvalue weighted by molar-refractivity contribution is 6.00. The molecule has 2 unspecified atom stereocenters. The minimum absolute atomic E-state index is 0.0383. The second kappa shape index (κ2) is 14.4. The van der Waals surface area contributed by atoms with Crippen LogP contribution in [0.4, 0.5) is 31.9 Å². The number of allylic oxidation sites excluding steroid dienone is 2. The number of fused-ring (bicyclic) bond motifs is 1. The Morgan fingerprint density at radius 1 is 1.06 bits per heavy atom. The van der Waals surface area contributed by atoms with Gasteiger partial charge in [-0.3, -0.25) is 4.79 Å². The van der Waals surface area contributed by atoms with Crippen molar-refractivity contribution in [1.82, 2.24) is 15.3 Å². The van der Waals surface area contributed by atoms with Crippen molar-refractivity contribution >= 4 is 29.0 Å². The summed E-state index contributed by atoms with van der Waals surface area (Å²) in [5.41, 5.74) is 3.51. The number of methoxy groups -OCH3 is 1. The van der Waals surface area contributed by atoms with Crippen LogP contribution in [0, 0.1) is 11.8 Å². The van der Waals surface area contributed by atoms with Crippen LogP contribution in [0.2, 0.25) is 0 Å². The smallest absolute Gasteiger partial charge is 0.278 e. The molecule has 9 heteroatoms. The summed E-state index contributed by atoms with van der Waals surface area (Å²) in [5.74, 6) is -0.401. The third-order valence-corrected chi connectivity index (χ3v) is 10.4. The highest BCUT2D eigenvalue weighted by Gasteiger charge is 2.36. The Bertz CT molecular complexity index is 1600. The third kappa shape index (κ3) is 7.29. The summed E-state index contributed by atoms with van der Waals surface area (Å²) in [7, 11) is 3.25. The number of halogens is 2. The van der Waals surface area contributed by atoms with Crippen molar-refractivity contribution in [3.05, 3.63) is 77.0 Å². The molecule has 3 N–H and O–H groups in total. The van der Waals surface area contributed by atoms with Crippen LogP contribution in [0.3, 0.4) is 0 Å². The van der Waals surface area contributed by atoms with Crippen LogP contribution in [0.15, 0.2) is 54.7 Å². The molecule has 7 nitrogen and oxygen atoms in total. The fourth-order valence-electron chi connectivity index (χ4n) is 7.47. The number of nitrogens with zero attached hydrogens (tertiary/aromatic N) is 2. The van der Waals surface area contributed by atoms with Gasteiger partial charge >= 0.3 is 0 Å². The molecule has 5 aliphatic heterocycles. The SMILES string of the molecule is CCCC(F)(F)c1cnc2nc1Nc1ccc(cc1C(=O)NC)C1CCC1CCCC/C=C/CC1CC(C1)c1ccc(cc1OC)N2. The minimum Gasteiger partial charge on any atom is -0.496 e. The number of carbonyl (C=O) groups excluding carboxylic acids is 1. The molecule has 0 saturated heterocycles. The number of carbonyl (C=O) groups is 1. The maximum atomic E-state index is 15.5. The molecule has 2 fully saturated rings. The van der Waals surface area contributed by atoms with E-state index < -0.39 is 5.92 Å². The van der Waals surface area contributed by atoms with Crippen LogP contribution < -0.4 is 20.7 Å². The van der Waals surface area contributed by atoms with Gasteiger partial charge in [-0.1, -0.05) is 44.1 Å². The van der Waals surface area contributed by atoms with Crippen molar-refractivity contribution in [2.24, 2.45) is 11.8 Å². The number of hydrogen-bond donors (Lipinski definition) is 3. The van der Waals surface area contributed by atoms with E-state index in [1.807, 2.05) is 30.3 Å². The maximum Gasteiger partial charge on any atom is 0.278 e. The first-order valence-corrected chi connectivity index (χ1v) is 17.3. The molecule has 6 heterocycles. The van der Waals surface area contributed by atoms with Crippen molar-refractivity contribution in [2.75, 3.05) is 24.8 Å². The second-order valence-corrected chi connectivity index (χ2v) is 13.5. The van der Waals surface area contributed by atoms with Crippen LogP contribution in [0.25, 0.3) is 0 Å². The molecule has 2 saturated carbocycles. The number of hydrogen-bond acceptors (Lipinski definition) is 6. The average molecular weight is 644 g/mol. The molecule has 8 bridgehead atoms. The summed E-state index contributed by atoms with van der Waals surface area (Å²) in [6.45, 7) is 1.72. The molecule has 2 atom stereocenters. The van der Waals surface area contributed by atoms with Crippen molar-refractivity contribution in [1.29, 1.82) is 0 Å². The van der Waals surface area contributed by atoms with Crippen molar-refractivity contribution in [2.45, 2.75) is 95.3 Å². The fraction of sp³-hybridized carbons (Fsp3) is 0.500. The number of ether oxygens (including phenoxy) is 1. The van der Waals surface area contributed by atoms with Gasteiger partial charge in [0, 0.05) is 31.4 Å². The van der Waals surface area contributed by atoms with Gasteiger partial charge in [0.15, 0.2) is 0 Å². The zero-order valence-electron chi connectivity index (χ0n) is 27.8. The number of aromatic nitrogens is 2. The summed E-state index contributed by atoms with van der Waals surface area (Å²) >= 11 is 0. The number of rotatable bonds is 5. The van der Waals surface area contributed by atoms with Gasteiger partial charge in [-0.05, 0) is 104 Å². The molecular weight excluding hydrogens is 596 g/mol. The van der Waals surface area contributed by atoms with Crippen LogP contribution in [-0.4, -0.2) is 30.0 Å². The lowest BCUT2D eigenvalue weighted by Crippen LogP contribution is -2.25. The molecular formula is C38H47F2N5O2. The van der Waals surface area contributed by atoms with Crippen LogP contribution in [-0.2, 0) is 5.92 Å². The molecule has 1 aromatic heterocycles. The summed E-state index contributed by atoms with van der Waals surface area (Å²) < 4.78 is 36.7. The zero-order valence-corrected chi connectivity index (χ0v) is 27.8. The van der Waals surface area contributed by atoms with E-state index in [9.17, 15) is 4.79 Å². The van der Waals surface area contributed by atoms with Crippen LogP contribution >= 0.6 is 0 Å². The van der Waals surface area contributed by atoms with E-state index in [1.54, 1.807) is 21.1 Å². The van der Waals surface area contributed by atoms with E-state index in [-0.39, 0.29) is 36.1 Å². The fourth-order valence-corrected chi connectivity index (χ4v) is 7.47. The van der Waals surface area contributed by atoms with Gasteiger partial charge in [0.25, 0.3) is 11.8 Å². The van der Waals surface area contributed by atoms with Gasteiger partial charge in [0.2, 0.25) is 5.95 Å². The van der Waals surface area contributed by atoms with Crippen LogP contribution in [0.1, 0.15) is 116 Å². The van der Waals surface area contributed by atoms with E-state index >= 15 is 8.78 Å². The zero-order chi connectivity index (χ0) is 33.0. The van der Waals surface area contributed by atoms with Crippen molar-refractivity contribution in [3.8, 4) is 5.75 Å². The first-order valence-electron chi connectivity index (χ1n) is 17.3.